The molecule has 0 spiro atoms. The summed E-state index contributed by atoms with van der Waals surface area (Å²) in [5.41, 5.74) is 1.01. The number of carbonyl (C=O) groups excluding carboxylic acids is 1. The lowest BCUT2D eigenvalue weighted by Gasteiger charge is -2.04. The van der Waals surface area contributed by atoms with Crippen LogP contribution in [0, 0.1) is 0 Å². The van der Waals surface area contributed by atoms with Crippen molar-refractivity contribution in [1.82, 2.24) is 35.3 Å². The summed E-state index contributed by atoms with van der Waals surface area (Å²) in [6, 6.07) is 8.75. The van der Waals surface area contributed by atoms with Crippen molar-refractivity contribution in [2.45, 2.75) is 6.54 Å². The molecule has 8 heteroatoms. The number of hydrogen-bond acceptors (Lipinski definition) is 6. The fraction of sp³-hybridized carbons (Fsp3) is 0.0769. The van der Waals surface area contributed by atoms with Crippen molar-refractivity contribution in [1.29, 1.82) is 0 Å². The SMILES string of the molecule is O=C(NCc1ccccn1)c1ccc(-n2cncn2)nn1. The minimum atomic E-state index is -0.307. The molecule has 0 bridgehead atoms. The third-order valence-corrected chi connectivity index (χ3v) is 2.69. The van der Waals surface area contributed by atoms with Gasteiger partial charge in [-0.15, -0.1) is 10.2 Å². The van der Waals surface area contributed by atoms with Crippen LogP contribution in [0.5, 0.6) is 0 Å². The number of carbonyl (C=O) groups is 1. The maximum absolute atomic E-state index is 11.9. The monoisotopic (exact) mass is 281 g/mol. The van der Waals surface area contributed by atoms with Crippen LogP contribution in [0.3, 0.4) is 0 Å². The summed E-state index contributed by atoms with van der Waals surface area (Å²) in [5, 5.41) is 14.5. The van der Waals surface area contributed by atoms with Gasteiger partial charge < -0.3 is 5.32 Å². The molecule has 0 atom stereocenters. The molecule has 0 saturated heterocycles. The van der Waals surface area contributed by atoms with Crippen molar-refractivity contribution in [2.75, 3.05) is 0 Å². The van der Waals surface area contributed by atoms with E-state index in [0.717, 1.165) is 5.69 Å². The number of pyridine rings is 1. The van der Waals surface area contributed by atoms with Crippen LogP contribution < -0.4 is 5.32 Å². The lowest BCUT2D eigenvalue weighted by Crippen LogP contribution is -2.24. The van der Waals surface area contributed by atoms with Crippen molar-refractivity contribution in [3.05, 3.63) is 60.6 Å². The van der Waals surface area contributed by atoms with Gasteiger partial charge in [-0.1, -0.05) is 6.07 Å². The van der Waals surface area contributed by atoms with Gasteiger partial charge in [-0.05, 0) is 24.3 Å². The Bertz CT molecular complexity index is 710. The molecular formula is C13H11N7O. The zero-order valence-electron chi connectivity index (χ0n) is 10.9. The zero-order chi connectivity index (χ0) is 14.5. The Morgan fingerprint density at radius 2 is 2.14 bits per heavy atom. The second-order valence-corrected chi connectivity index (χ2v) is 4.12. The largest absolute Gasteiger partial charge is 0.345 e. The summed E-state index contributed by atoms with van der Waals surface area (Å²) in [6.45, 7) is 0.339. The van der Waals surface area contributed by atoms with E-state index in [4.69, 9.17) is 0 Å². The fourth-order valence-corrected chi connectivity index (χ4v) is 1.66. The van der Waals surface area contributed by atoms with Gasteiger partial charge in [0.25, 0.3) is 5.91 Å². The van der Waals surface area contributed by atoms with Gasteiger partial charge in [0.2, 0.25) is 0 Å². The third-order valence-electron chi connectivity index (χ3n) is 2.69. The first kappa shape index (κ1) is 12.9. The molecule has 0 fully saturated rings. The molecule has 0 saturated carbocycles. The van der Waals surface area contributed by atoms with E-state index in [0.29, 0.717) is 12.4 Å². The first-order chi connectivity index (χ1) is 10.3. The molecule has 3 heterocycles. The summed E-state index contributed by atoms with van der Waals surface area (Å²) < 4.78 is 1.46. The first-order valence-electron chi connectivity index (χ1n) is 6.20. The van der Waals surface area contributed by atoms with Crippen molar-refractivity contribution in [2.24, 2.45) is 0 Å². The molecular weight excluding hydrogens is 270 g/mol. The molecule has 0 aliphatic heterocycles. The summed E-state index contributed by atoms with van der Waals surface area (Å²) in [5.74, 6) is 0.187. The average Bonchev–Trinajstić information content (AvgIpc) is 3.08. The maximum atomic E-state index is 11.9. The molecule has 0 unspecified atom stereocenters. The highest BCUT2D eigenvalue weighted by Crippen LogP contribution is 2.01. The minimum Gasteiger partial charge on any atom is -0.345 e. The van der Waals surface area contributed by atoms with Crippen LogP contribution in [-0.4, -0.2) is 35.9 Å². The summed E-state index contributed by atoms with van der Waals surface area (Å²) >= 11 is 0. The molecule has 104 valence electrons. The first-order valence-corrected chi connectivity index (χ1v) is 6.20. The van der Waals surface area contributed by atoms with Gasteiger partial charge in [-0.3, -0.25) is 9.78 Å². The minimum absolute atomic E-state index is 0.231. The zero-order valence-corrected chi connectivity index (χ0v) is 10.9. The van der Waals surface area contributed by atoms with Crippen LogP contribution in [-0.2, 0) is 6.54 Å². The number of hydrogen-bond donors (Lipinski definition) is 1. The predicted octanol–water partition coefficient (Wildman–Crippen LogP) is 0.382. The molecule has 3 aromatic heterocycles. The summed E-state index contributed by atoms with van der Waals surface area (Å²) in [4.78, 5) is 19.9. The van der Waals surface area contributed by atoms with Crippen LogP contribution in [0.25, 0.3) is 5.82 Å². The van der Waals surface area contributed by atoms with Gasteiger partial charge in [0, 0.05) is 6.20 Å². The molecule has 3 rings (SSSR count). The lowest BCUT2D eigenvalue weighted by molar-refractivity contribution is 0.0944. The van der Waals surface area contributed by atoms with Crippen LogP contribution in [0.1, 0.15) is 16.2 Å². The molecule has 21 heavy (non-hydrogen) atoms. The molecule has 0 aliphatic carbocycles. The van der Waals surface area contributed by atoms with Gasteiger partial charge in [0.1, 0.15) is 12.7 Å². The van der Waals surface area contributed by atoms with Gasteiger partial charge in [0.05, 0.1) is 12.2 Å². The number of amides is 1. The number of aromatic nitrogens is 6. The highest BCUT2D eigenvalue weighted by Gasteiger charge is 2.09. The Morgan fingerprint density at radius 3 is 2.81 bits per heavy atom. The van der Waals surface area contributed by atoms with Crippen LogP contribution in [0.2, 0.25) is 0 Å². The molecule has 8 nitrogen and oxygen atoms in total. The van der Waals surface area contributed by atoms with E-state index in [9.17, 15) is 4.79 Å². The smallest absolute Gasteiger partial charge is 0.272 e. The van der Waals surface area contributed by atoms with Crippen molar-refractivity contribution < 1.29 is 4.79 Å². The van der Waals surface area contributed by atoms with Crippen LogP contribution in [0.15, 0.2) is 49.2 Å². The number of nitrogens with zero attached hydrogens (tertiary/aromatic N) is 6. The van der Waals surface area contributed by atoms with Crippen LogP contribution in [0.4, 0.5) is 0 Å². The number of rotatable bonds is 4. The molecule has 0 aromatic carbocycles. The van der Waals surface area contributed by atoms with E-state index in [1.807, 2.05) is 18.2 Å². The Balaban J connectivity index is 1.65. The lowest BCUT2D eigenvalue weighted by atomic mass is 10.3. The predicted molar refractivity (Wildman–Crippen MR) is 72.4 cm³/mol. The molecule has 1 amide bonds. The Hall–Kier alpha value is -3.16. The highest BCUT2D eigenvalue weighted by molar-refractivity contribution is 5.92. The van der Waals surface area contributed by atoms with E-state index in [1.54, 1.807) is 18.3 Å². The second-order valence-electron chi connectivity index (χ2n) is 4.12. The Labute approximate surface area is 119 Å². The van der Waals surface area contributed by atoms with Crippen molar-refractivity contribution in [3.63, 3.8) is 0 Å². The van der Waals surface area contributed by atoms with Gasteiger partial charge >= 0.3 is 0 Å². The van der Waals surface area contributed by atoms with E-state index in [1.165, 1.54) is 17.3 Å². The van der Waals surface area contributed by atoms with Gasteiger partial charge in [0.15, 0.2) is 11.5 Å². The molecule has 3 aromatic rings. The standard InChI is InChI=1S/C13H11N7O/c21-13(16-7-10-3-1-2-6-15-10)11-4-5-12(19-18-11)20-9-14-8-17-20/h1-6,8-9H,7H2,(H,16,21). The van der Waals surface area contributed by atoms with Crippen LogP contribution >= 0.6 is 0 Å². The molecule has 1 N–H and O–H groups in total. The summed E-state index contributed by atoms with van der Waals surface area (Å²) in [7, 11) is 0. The normalized spacial score (nSPS) is 10.3. The Morgan fingerprint density at radius 1 is 1.19 bits per heavy atom. The van der Waals surface area contributed by atoms with E-state index in [2.05, 4.69) is 30.6 Å². The summed E-state index contributed by atoms with van der Waals surface area (Å²) in [6.07, 6.45) is 4.58. The van der Waals surface area contributed by atoms with E-state index in [-0.39, 0.29) is 11.6 Å². The second kappa shape index (κ2) is 5.87. The Kier molecular flexibility index (Phi) is 3.59. The number of nitrogens with one attached hydrogen (secondary N) is 1. The van der Waals surface area contributed by atoms with Crippen molar-refractivity contribution >= 4 is 5.91 Å². The highest BCUT2D eigenvalue weighted by atomic mass is 16.1. The fourth-order valence-electron chi connectivity index (χ4n) is 1.66. The van der Waals surface area contributed by atoms with E-state index >= 15 is 0 Å². The molecule has 0 aliphatic rings. The molecule has 0 radical (unpaired) electrons. The topological polar surface area (TPSA) is 98.5 Å². The quantitative estimate of drug-likeness (QED) is 0.742. The average molecular weight is 281 g/mol. The van der Waals surface area contributed by atoms with E-state index < -0.39 is 0 Å². The maximum Gasteiger partial charge on any atom is 0.272 e. The third kappa shape index (κ3) is 3.06. The van der Waals surface area contributed by atoms with Crippen molar-refractivity contribution in [3.8, 4) is 5.82 Å². The van der Waals surface area contributed by atoms with Gasteiger partial charge in [-0.25, -0.2) is 9.67 Å². The van der Waals surface area contributed by atoms with Gasteiger partial charge in [-0.2, -0.15) is 5.10 Å².